The molecule has 1 N–H and O–H groups in total. The minimum absolute atomic E-state index is 0.0450. The summed E-state index contributed by atoms with van der Waals surface area (Å²) >= 11 is 0. The van der Waals surface area contributed by atoms with Gasteiger partial charge in [0, 0.05) is 17.7 Å². The first-order valence-electron chi connectivity index (χ1n) is 10.5. The van der Waals surface area contributed by atoms with Gasteiger partial charge >= 0.3 is 5.97 Å². The Bertz CT molecular complexity index is 1040. The molecule has 2 amide bonds. The molecule has 1 heterocycles. The van der Waals surface area contributed by atoms with Crippen LogP contribution in [0.25, 0.3) is 0 Å². The fraction of sp³-hybridized carbons (Fsp3) is 0.320. The topological polar surface area (TPSA) is 94.2 Å². The number of carbonyl (C=O) groups excluding carboxylic acids is 3. The van der Waals surface area contributed by atoms with Gasteiger partial charge in [0.2, 0.25) is 5.91 Å². The second-order valence-corrected chi connectivity index (χ2v) is 7.38. The molecule has 3 rings (SSSR count). The third kappa shape index (κ3) is 5.44. The molecule has 1 saturated heterocycles. The Hall–Kier alpha value is -3.99. The van der Waals surface area contributed by atoms with Crippen LogP contribution >= 0.6 is 0 Å². The van der Waals surface area contributed by atoms with Gasteiger partial charge < -0.3 is 24.4 Å². The number of hydrogen-bond acceptors (Lipinski definition) is 6. The van der Waals surface area contributed by atoms with E-state index >= 15 is 0 Å². The number of rotatable bonds is 8. The number of ether oxygens (including phenoxy) is 3. The van der Waals surface area contributed by atoms with Crippen molar-refractivity contribution in [2.24, 2.45) is 5.92 Å². The first-order chi connectivity index (χ1) is 16.0. The van der Waals surface area contributed by atoms with E-state index < -0.39 is 30.4 Å². The lowest BCUT2D eigenvalue weighted by molar-refractivity contribution is -0.154. The Morgan fingerprint density at radius 2 is 1.85 bits per heavy atom. The highest BCUT2D eigenvalue weighted by molar-refractivity contribution is 5.97. The van der Waals surface area contributed by atoms with Crippen molar-refractivity contribution in [3.8, 4) is 23.8 Å². The monoisotopic (exact) mass is 450 g/mol. The van der Waals surface area contributed by atoms with E-state index in [-0.39, 0.29) is 25.3 Å². The molecule has 172 valence electrons. The van der Waals surface area contributed by atoms with E-state index in [9.17, 15) is 14.4 Å². The average Bonchev–Trinajstić information content (AvgIpc) is 2.85. The van der Waals surface area contributed by atoms with Gasteiger partial charge in [-0.05, 0) is 36.8 Å². The van der Waals surface area contributed by atoms with Crippen molar-refractivity contribution in [1.82, 2.24) is 5.32 Å². The molecular weight excluding hydrogens is 424 g/mol. The van der Waals surface area contributed by atoms with Crippen LogP contribution in [0.15, 0.2) is 48.5 Å². The zero-order valence-corrected chi connectivity index (χ0v) is 18.6. The summed E-state index contributed by atoms with van der Waals surface area (Å²) in [5.74, 6) is 1.57. The lowest BCUT2D eigenvalue weighted by Gasteiger charge is -2.40. The second kappa shape index (κ2) is 11.0. The summed E-state index contributed by atoms with van der Waals surface area (Å²) in [6.07, 6.45) is 5.56. The maximum Gasteiger partial charge on any atom is 0.311 e. The van der Waals surface area contributed by atoms with E-state index in [2.05, 4.69) is 11.2 Å². The number of anilines is 1. The molecule has 2 aromatic carbocycles. The highest BCUT2D eigenvalue weighted by Gasteiger charge is 2.43. The van der Waals surface area contributed by atoms with Crippen LogP contribution in [0.1, 0.15) is 24.4 Å². The molecule has 0 aliphatic carbocycles. The van der Waals surface area contributed by atoms with Crippen molar-refractivity contribution in [2.75, 3.05) is 32.3 Å². The third-order valence-corrected chi connectivity index (χ3v) is 5.44. The van der Waals surface area contributed by atoms with E-state index in [1.165, 1.54) is 7.11 Å². The molecule has 0 aromatic heterocycles. The summed E-state index contributed by atoms with van der Waals surface area (Å²) in [7, 11) is 3.09. The molecule has 1 aliphatic rings. The van der Waals surface area contributed by atoms with Gasteiger partial charge in [0.1, 0.15) is 11.5 Å². The number of amides is 2. The van der Waals surface area contributed by atoms with Gasteiger partial charge in [-0.1, -0.05) is 24.1 Å². The predicted octanol–water partition coefficient (Wildman–Crippen LogP) is 2.48. The molecule has 2 atom stereocenters. The van der Waals surface area contributed by atoms with Crippen molar-refractivity contribution in [2.45, 2.75) is 18.9 Å². The third-order valence-electron chi connectivity index (χ3n) is 5.44. The van der Waals surface area contributed by atoms with Gasteiger partial charge in [-0.3, -0.25) is 14.4 Å². The van der Waals surface area contributed by atoms with Gasteiger partial charge in [0.15, 0.2) is 6.61 Å². The molecule has 8 nitrogen and oxygen atoms in total. The quantitative estimate of drug-likeness (QED) is 0.491. The van der Waals surface area contributed by atoms with Crippen molar-refractivity contribution in [3.63, 3.8) is 0 Å². The van der Waals surface area contributed by atoms with Crippen molar-refractivity contribution < 1.29 is 28.6 Å². The van der Waals surface area contributed by atoms with Gasteiger partial charge in [-0.2, -0.15) is 0 Å². The molecule has 1 fully saturated rings. The van der Waals surface area contributed by atoms with Crippen LogP contribution < -0.4 is 19.7 Å². The van der Waals surface area contributed by atoms with E-state index in [0.717, 1.165) is 0 Å². The normalized spacial score (nSPS) is 17.6. The molecule has 0 saturated carbocycles. The van der Waals surface area contributed by atoms with E-state index in [4.69, 9.17) is 20.6 Å². The fourth-order valence-corrected chi connectivity index (χ4v) is 3.90. The molecule has 33 heavy (non-hydrogen) atoms. The van der Waals surface area contributed by atoms with E-state index in [1.807, 2.05) is 18.2 Å². The number of nitrogens with zero attached hydrogens (tertiary/aromatic N) is 1. The highest BCUT2D eigenvalue weighted by Crippen LogP contribution is 2.43. The van der Waals surface area contributed by atoms with Crippen LogP contribution in [0.2, 0.25) is 0 Å². The van der Waals surface area contributed by atoms with Crippen LogP contribution in [0.5, 0.6) is 11.5 Å². The summed E-state index contributed by atoms with van der Waals surface area (Å²) in [5, 5.41) is 2.46. The number of terminal acetylenes is 1. The largest absolute Gasteiger partial charge is 0.497 e. The van der Waals surface area contributed by atoms with E-state index in [1.54, 1.807) is 42.3 Å². The van der Waals surface area contributed by atoms with Gasteiger partial charge in [0.05, 0.1) is 32.7 Å². The maximum absolute atomic E-state index is 13.1. The fourth-order valence-electron chi connectivity index (χ4n) is 3.90. The number of benzene rings is 2. The highest BCUT2D eigenvalue weighted by atomic mass is 16.5. The van der Waals surface area contributed by atoms with Gasteiger partial charge in [-0.25, -0.2) is 0 Å². The molecule has 2 aromatic rings. The summed E-state index contributed by atoms with van der Waals surface area (Å²) < 4.78 is 16.1. The second-order valence-electron chi connectivity index (χ2n) is 7.38. The lowest BCUT2D eigenvalue weighted by Crippen LogP contribution is -2.46. The SMILES string of the molecule is C#CCNC(=O)COC(=O)C1CCC(=O)N(c2ccc(OC)cc2)C1c1ccccc1OC. The van der Waals surface area contributed by atoms with Crippen LogP contribution in [-0.2, 0) is 19.1 Å². The lowest BCUT2D eigenvalue weighted by atomic mass is 9.83. The van der Waals surface area contributed by atoms with Crippen molar-refractivity contribution >= 4 is 23.5 Å². The van der Waals surface area contributed by atoms with Crippen LogP contribution in [0.4, 0.5) is 5.69 Å². The Morgan fingerprint density at radius 3 is 2.52 bits per heavy atom. The molecule has 2 unspecified atom stereocenters. The van der Waals surface area contributed by atoms with Crippen LogP contribution in [0.3, 0.4) is 0 Å². The molecule has 0 radical (unpaired) electrons. The molecule has 8 heteroatoms. The Balaban J connectivity index is 1.97. The van der Waals surface area contributed by atoms with Crippen molar-refractivity contribution in [3.05, 3.63) is 54.1 Å². The number of esters is 1. The summed E-state index contributed by atoms with van der Waals surface area (Å²) in [4.78, 5) is 39.7. The number of piperidine rings is 1. The summed E-state index contributed by atoms with van der Waals surface area (Å²) in [6, 6.07) is 13.6. The Kier molecular flexibility index (Phi) is 7.92. The predicted molar refractivity (Wildman–Crippen MR) is 122 cm³/mol. The number of nitrogens with one attached hydrogen (secondary N) is 1. The number of para-hydroxylation sites is 1. The van der Waals surface area contributed by atoms with Crippen molar-refractivity contribution in [1.29, 1.82) is 0 Å². The van der Waals surface area contributed by atoms with Gasteiger partial charge in [0.25, 0.3) is 5.91 Å². The molecular formula is C25H26N2O6. The molecule has 1 aliphatic heterocycles. The zero-order valence-electron chi connectivity index (χ0n) is 18.6. The minimum atomic E-state index is -0.707. The van der Waals surface area contributed by atoms with E-state index in [0.29, 0.717) is 22.7 Å². The van der Waals surface area contributed by atoms with Crippen LogP contribution in [0, 0.1) is 18.3 Å². The summed E-state index contributed by atoms with van der Waals surface area (Å²) in [6.45, 7) is -0.407. The standard InChI is InChI=1S/C25H26N2O6/c1-4-15-26-22(28)16-33-25(30)20-13-14-23(29)27(17-9-11-18(31-2)12-10-17)24(20)19-7-5-6-8-21(19)32-3/h1,5-12,20,24H,13-16H2,2-3H3,(H,26,28). The zero-order chi connectivity index (χ0) is 23.8. The Morgan fingerprint density at radius 1 is 1.12 bits per heavy atom. The smallest absolute Gasteiger partial charge is 0.311 e. The van der Waals surface area contributed by atoms with Gasteiger partial charge in [-0.15, -0.1) is 6.42 Å². The Labute approximate surface area is 192 Å². The summed E-state index contributed by atoms with van der Waals surface area (Å²) in [5.41, 5.74) is 1.28. The molecule has 0 bridgehead atoms. The van der Waals surface area contributed by atoms with Crippen LogP contribution in [-0.4, -0.2) is 45.2 Å². The number of methoxy groups -OCH3 is 2. The minimum Gasteiger partial charge on any atom is -0.497 e. The maximum atomic E-state index is 13.1. The molecule has 0 spiro atoms. The first-order valence-corrected chi connectivity index (χ1v) is 10.5. The number of hydrogen-bond donors (Lipinski definition) is 1. The first kappa shape index (κ1) is 23.7. The average molecular weight is 450 g/mol. The number of carbonyl (C=O) groups is 3.